The third-order valence-corrected chi connectivity index (χ3v) is 4.34. The third kappa shape index (κ3) is 2.97. The number of carboxylic acid groups (broad SMARTS) is 1. The van der Waals surface area contributed by atoms with Crippen LogP contribution in [0.4, 0.5) is 0 Å². The van der Waals surface area contributed by atoms with Gasteiger partial charge in [0, 0.05) is 29.8 Å². The fraction of sp³-hybridized carbons (Fsp3) is 0.0476. The Labute approximate surface area is 154 Å². The predicted molar refractivity (Wildman–Crippen MR) is 102 cm³/mol. The Morgan fingerprint density at radius 3 is 2.48 bits per heavy atom. The van der Waals surface area contributed by atoms with Crippen LogP contribution < -0.4 is 10.3 Å². The van der Waals surface area contributed by atoms with E-state index in [1.165, 1.54) is 10.6 Å². The molecular formula is C21H16N2O4. The van der Waals surface area contributed by atoms with Crippen LogP contribution in [0.2, 0.25) is 0 Å². The number of fused-ring (bicyclic) bond motifs is 1. The van der Waals surface area contributed by atoms with Crippen LogP contribution in [0.3, 0.4) is 0 Å². The molecule has 0 saturated carbocycles. The zero-order valence-electron chi connectivity index (χ0n) is 14.5. The van der Waals surface area contributed by atoms with Gasteiger partial charge < -0.3 is 19.4 Å². The van der Waals surface area contributed by atoms with Gasteiger partial charge in [-0.05, 0) is 24.3 Å². The molecule has 27 heavy (non-hydrogen) atoms. The van der Waals surface area contributed by atoms with Crippen molar-refractivity contribution in [3.05, 3.63) is 82.9 Å². The first kappa shape index (κ1) is 16.7. The molecule has 2 aromatic heterocycles. The number of H-pyrrole nitrogens is 1. The number of nitrogens with zero attached hydrogens (tertiary/aromatic N) is 1. The SMILES string of the molecule is Cn1cc(-c2ccccc2Oc2ccccc2)c2cc(C(=O)O)[nH]c2c1=O. The monoisotopic (exact) mass is 360 g/mol. The summed E-state index contributed by atoms with van der Waals surface area (Å²) in [5, 5.41) is 9.83. The lowest BCUT2D eigenvalue weighted by atomic mass is 10.0. The molecule has 0 aliphatic rings. The Morgan fingerprint density at radius 2 is 1.74 bits per heavy atom. The van der Waals surface area contributed by atoms with Crippen molar-refractivity contribution in [3.8, 4) is 22.6 Å². The maximum Gasteiger partial charge on any atom is 0.352 e. The number of rotatable bonds is 4. The zero-order valence-corrected chi connectivity index (χ0v) is 14.5. The summed E-state index contributed by atoms with van der Waals surface area (Å²) in [6.07, 6.45) is 1.69. The molecule has 134 valence electrons. The summed E-state index contributed by atoms with van der Waals surface area (Å²) in [5.74, 6) is 0.182. The van der Waals surface area contributed by atoms with Crippen molar-refractivity contribution in [2.75, 3.05) is 0 Å². The van der Waals surface area contributed by atoms with Crippen molar-refractivity contribution < 1.29 is 14.6 Å². The Balaban J connectivity index is 1.94. The number of para-hydroxylation sites is 2. The average molecular weight is 360 g/mol. The number of ether oxygens (including phenoxy) is 1. The molecule has 6 heteroatoms. The summed E-state index contributed by atoms with van der Waals surface area (Å²) in [5.41, 5.74) is 1.40. The van der Waals surface area contributed by atoms with Gasteiger partial charge in [0.15, 0.2) is 0 Å². The van der Waals surface area contributed by atoms with E-state index < -0.39 is 5.97 Å². The van der Waals surface area contributed by atoms with E-state index in [9.17, 15) is 14.7 Å². The predicted octanol–water partition coefficient (Wildman–Crippen LogP) is 4.02. The average Bonchev–Trinajstić information content (AvgIpc) is 3.12. The van der Waals surface area contributed by atoms with E-state index in [2.05, 4.69) is 4.98 Å². The third-order valence-electron chi connectivity index (χ3n) is 4.34. The summed E-state index contributed by atoms with van der Waals surface area (Å²) < 4.78 is 7.45. The summed E-state index contributed by atoms with van der Waals surface area (Å²) in [4.78, 5) is 26.5. The van der Waals surface area contributed by atoms with Gasteiger partial charge in [0.05, 0.1) is 0 Å². The van der Waals surface area contributed by atoms with Gasteiger partial charge >= 0.3 is 5.97 Å². The molecule has 0 fully saturated rings. The molecule has 0 aliphatic heterocycles. The van der Waals surface area contributed by atoms with Crippen LogP contribution in [-0.2, 0) is 7.05 Å². The summed E-state index contributed by atoms with van der Waals surface area (Å²) >= 11 is 0. The lowest BCUT2D eigenvalue weighted by Gasteiger charge is -2.13. The minimum Gasteiger partial charge on any atom is -0.477 e. The Hall–Kier alpha value is -3.80. The number of aryl methyl sites for hydroxylation is 1. The van der Waals surface area contributed by atoms with Crippen LogP contribution in [0, 0.1) is 0 Å². The van der Waals surface area contributed by atoms with E-state index in [4.69, 9.17) is 4.74 Å². The van der Waals surface area contributed by atoms with Crippen LogP contribution in [0.5, 0.6) is 11.5 Å². The molecule has 2 aromatic carbocycles. The first-order chi connectivity index (χ1) is 13.0. The second kappa shape index (κ2) is 6.49. The molecule has 4 aromatic rings. The van der Waals surface area contributed by atoms with E-state index in [-0.39, 0.29) is 16.8 Å². The molecule has 4 rings (SSSR count). The zero-order chi connectivity index (χ0) is 19.0. The fourth-order valence-corrected chi connectivity index (χ4v) is 3.06. The second-order valence-corrected chi connectivity index (χ2v) is 6.15. The summed E-state index contributed by atoms with van der Waals surface area (Å²) in [7, 11) is 1.63. The molecule has 0 radical (unpaired) electrons. The number of hydrogen-bond acceptors (Lipinski definition) is 3. The lowest BCUT2D eigenvalue weighted by Crippen LogP contribution is -2.16. The van der Waals surface area contributed by atoms with Crippen LogP contribution in [0.15, 0.2) is 71.7 Å². The quantitative estimate of drug-likeness (QED) is 0.576. The highest BCUT2D eigenvalue weighted by Gasteiger charge is 2.17. The number of carbonyl (C=O) groups is 1. The summed E-state index contributed by atoms with van der Waals surface area (Å²) in [6, 6.07) is 18.3. The lowest BCUT2D eigenvalue weighted by molar-refractivity contribution is 0.0691. The van der Waals surface area contributed by atoms with Gasteiger partial charge in [-0.1, -0.05) is 36.4 Å². The molecule has 0 atom stereocenters. The maximum atomic E-state index is 12.4. The fourth-order valence-electron chi connectivity index (χ4n) is 3.06. The molecule has 0 unspecified atom stereocenters. The van der Waals surface area contributed by atoms with Crippen molar-refractivity contribution in [2.45, 2.75) is 0 Å². The topological polar surface area (TPSA) is 84.3 Å². The first-order valence-corrected chi connectivity index (χ1v) is 8.32. The van der Waals surface area contributed by atoms with Gasteiger partial charge in [-0.3, -0.25) is 4.79 Å². The van der Waals surface area contributed by atoms with Gasteiger partial charge in [-0.2, -0.15) is 0 Å². The highest BCUT2D eigenvalue weighted by atomic mass is 16.5. The van der Waals surface area contributed by atoms with Crippen LogP contribution in [0.25, 0.3) is 22.0 Å². The number of pyridine rings is 1. The summed E-state index contributed by atoms with van der Waals surface area (Å²) in [6.45, 7) is 0. The van der Waals surface area contributed by atoms with E-state index in [0.717, 1.165) is 5.56 Å². The van der Waals surface area contributed by atoms with Gasteiger partial charge in [0.25, 0.3) is 5.56 Å². The number of aromatic carboxylic acids is 1. The highest BCUT2D eigenvalue weighted by molar-refractivity contribution is 6.01. The number of nitrogens with one attached hydrogen (secondary N) is 1. The minimum absolute atomic E-state index is 0.0315. The number of hydrogen-bond donors (Lipinski definition) is 2. The number of benzene rings is 2. The highest BCUT2D eigenvalue weighted by Crippen LogP contribution is 2.36. The molecule has 0 aliphatic carbocycles. The first-order valence-electron chi connectivity index (χ1n) is 8.32. The van der Waals surface area contributed by atoms with Gasteiger partial charge in [0.2, 0.25) is 0 Å². The Morgan fingerprint density at radius 1 is 1.04 bits per heavy atom. The van der Waals surface area contributed by atoms with Crippen LogP contribution in [0.1, 0.15) is 10.5 Å². The Kier molecular flexibility index (Phi) is 4.01. The van der Waals surface area contributed by atoms with Gasteiger partial charge in [-0.15, -0.1) is 0 Å². The number of carboxylic acids is 1. The molecular weight excluding hydrogens is 344 g/mol. The molecule has 6 nitrogen and oxygen atoms in total. The normalized spacial score (nSPS) is 10.9. The van der Waals surface area contributed by atoms with Crippen LogP contribution >= 0.6 is 0 Å². The van der Waals surface area contributed by atoms with E-state index in [1.54, 1.807) is 13.2 Å². The van der Waals surface area contributed by atoms with Crippen molar-refractivity contribution >= 4 is 16.9 Å². The number of aromatic amines is 1. The standard InChI is InChI=1S/C21H16N2O4/c1-23-12-16(15-11-17(21(25)26)22-19(15)20(23)24)14-9-5-6-10-18(14)27-13-7-3-2-4-8-13/h2-12,22H,1H3,(H,25,26). The molecule has 0 spiro atoms. The van der Waals surface area contributed by atoms with Crippen molar-refractivity contribution in [2.24, 2.45) is 7.05 Å². The number of aromatic nitrogens is 2. The van der Waals surface area contributed by atoms with Crippen molar-refractivity contribution in [3.63, 3.8) is 0 Å². The smallest absolute Gasteiger partial charge is 0.352 e. The molecule has 2 N–H and O–H groups in total. The molecule has 2 heterocycles. The van der Waals surface area contributed by atoms with E-state index >= 15 is 0 Å². The van der Waals surface area contributed by atoms with Crippen molar-refractivity contribution in [1.82, 2.24) is 9.55 Å². The minimum atomic E-state index is -1.12. The molecule has 0 saturated heterocycles. The van der Waals surface area contributed by atoms with E-state index in [1.807, 2.05) is 54.6 Å². The van der Waals surface area contributed by atoms with Gasteiger partial charge in [0.1, 0.15) is 22.7 Å². The molecule has 0 bridgehead atoms. The van der Waals surface area contributed by atoms with Gasteiger partial charge in [-0.25, -0.2) is 4.79 Å². The van der Waals surface area contributed by atoms with Crippen LogP contribution in [-0.4, -0.2) is 20.6 Å². The molecule has 0 amide bonds. The second-order valence-electron chi connectivity index (χ2n) is 6.15. The Bertz CT molecular complexity index is 1210. The largest absolute Gasteiger partial charge is 0.477 e. The van der Waals surface area contributed by atoms with Crippen molar-refractivity contribution in [1.29, 1.82) is 0 Å². The van der Waals surface area contributed by atoms with E-state index in [0.29, 0.717) is 22.4 Å². The maximum absolute atomic E-state index is 12.4.